The Hall–Kier alpha value is -1.13. The van der Waals surface area contributed by atoms with Crippen LogP contribution in [0.1, 0.15) is 37.7 Å². The first-order chi connectivity index (χ1) is 9.13. The summed E-state index contributed by atoms with van der Waals surface area (Å²) in [5.74, 6) is 1.01. The molecule has 4 heteroatoms. The predicted octanol–water partition coefficient (Wildman–Crippen LogP) is 4.00. The second kappa shape index (κ2) is 6.35. The van der Waals surface area contributed by atoms with E-state index in [1.807, 2.05) is 19.3 Å². The molecule has 2 rings (SSSR count). The molecule has 0 fully saturated rings. The van der Waals surface area contributed by atoms with E-state index >= 15 is 0 Å². The molecule has 1 atom stereocenters. The van der Waals surface area contributed by atoms with Crippen molar-refractivity contribution in [3.63, 3.8) is 0 Å². The van der Waals surface area contributed by atoms with Crippen LogP contribution in [0.15, 0.2) is 35.1 Å². The van der Waals surface area contributed by atoms with Crippen LogP contribution in [-0.4, -0.2) is 16.1 Å². The van der Waals surface area contributed by atoms with Gasteiger partial charge in [-0.05, 0) is 50.6 Å². The summed E-state index contributed by atoms with van der Waals surface area (Å²) in [5.41, 5.74) is 2.47. The third-order valence-corrected chi connectivity index (χ3v) is 3.74. The second-order valence-electron chi connectivity index (χ2n) is 4.72. The summed E-state index contributed by atoms with van der Waals surface area (Å²) in [7, 11) is 0. The lowest BCUT2D eigenvalue weighted by Crippen LogP contribution is -2.21. The van der Waals surface area contributed by atoms with Crippen LogP contribution in [0.2, 0.25) is 0 Å². The molecule has 1 N–H and O–H groups in total. The zero-order valence-electron chi connectivity index (χ0n) is 11.7. The highest BCUT2D eigenvalue weighted by Gasteiger charge is 2.13. The molecule has 0 aliphatic rings. The van der Waals surface area contributed by atoms with Crippen LogP contribution in [-0.2, 0) is 0 Å². The predicted molar refractivity (Wildman–Crippen MR) is 82.7 cm³/mol. The van der Waals surface area contributed by atoms with Gasteiger partial charge in [0.15, 0.2) is 0 Å². The average molecular weight is 322 g/mol. The molecule has 0 saturated carbocycles. The summed E-state index contributed by atoms with van der Waals surface area (Å²) in [5, 5.41) is 3.54. The van der Waals surface area contributed by atoms with Gasteiger partial charge in [-0.2, -0.15) is 0 Å². The molecule has 102 valence electrons. The monoisotopic (exact) mass is 321 g/mol. The largest absolute Gasteiger partial charge is 0.310 e. The molecular formula is C15H20BrN3. The van der Waals surface area contributed by atoms with Crippen molar-refractivity contribution in [1.29, 1.82) is 0 Å². The molecule has 0 aliphatic heterocycles. The standard InChI is InChI=1S/C15H20BrN3/c1-4-7-17-11(2)14-10-13(16)5-6-15(14)19-9-8-18-12(19)3/h5-6,8-11,17H,4,7H2,1-3H3. The van der Waals surface area contributed by atoms with Crippen molar-refractivity contribution in [1.82, 2.24) is 14.9 Å². The van der Waals surface area contributed by atoms with E-state index in [2.05, 4.69) is 62.8 Å². The highest BCUT2D eigenvalue weighted by molar-refractivity contribution is 9.10. The number of hydrogen-bond acceptors (Lipinski definition) is 2. The van der Waals surface area contributed by atoms with Crippen molar-refractivity contribution in [2.45, 2.75) is 33.2 Å². The minimum Gasteiger partial charge on any atom is -0.310 e. The Morgan fingerprint density at radius 1 is 1.42 bits per heavy atom. The van der Waals surface area contributed by atoms with Gasteiger partial charge < -0.3 is 9.88 Å². The summed E-state index contributed by atoms with van der Waals surface area (Å²) in [6.07, 6.45) is 4.98. The van der Waals surface area contributed by atoms with Crippen LogP contribution in [0.3, 0.4) is 0 Å². The zero-order chi connectivity index (χ0) is 13.8. The van der Waals surface area contributed by atoms with Crippen molar-refractivity contribution >= 4 is 15.9 Å². The lowest BCUT2D eigenvalue weighted by atomic mass is 10.1. The molecule has 3 nitrogen and oxygen atoms in total. The van der Waals surface area contributed by atoms with Gasteiger partial charge in [-0.3, -0.25) is 0 Å². The van der Waals surface area contributed by atoms with E-state index in [1.54, 1.807) is 0 Å². The van der Waals surface area contributed by atoms with Gasteiger partial charge in [0.2, 0.25) is 0 Å². The molecule has 0 saturated heterocycles. The van der Waals surface area contributed by atoms with Gasteiger partial charge in [0.1, 0.15) is 5.82 Å². The van der Waals surface area contributed by atoms with Gasteiger partial charge >= 0.3 is 0 Å². The number of aryl methyl sites for hydroxylation is 1. The molecular weight excluding hydrogens is 302 g/mol. The van der Waals surface area contributed by atoms with Crippen LogP contribution in [0.5, 0.6) is 0 Å². The Balaban J connectivity index is 2.41. The van der Waals surface area contributed by atoms with Crippen LogP contribution in [0.25, 0.3) is 5.69 Å². The minimum absolute atomic E-state index is 0.314. The van der Waals surface area contributed by atoms with Crippen molar-refractivity contribution in [2.75, 3.05) is 6.54 Å². The first-order valence-corrected chi connectivity index (χ1v) is 7.46. The molecule has 0 bridgehead atoms. The van der Waals surface area contributed by atoms with E-state index in [0.717, 1.165) is 23.3 Å². The summed E-state index contributed by atoms with van der Waals surface area (Å²) in [6.45, 7) is 7.43. The van der Waals surface area contributed by atoms with E-state index in [4.69, 9.17) is 0 Å². The maximum atomic E-state index is 4.31. The van der Waals surface area contributed by atoms with E-state index in [0.29, 0.717) is 6.04 Å². The number of benzene rings is 1. The van der Waals surface area contributed by atoms with Gasteiger partial charge in [-0.25, -0.2) is 4.98 Å². The van der Waals surface area contributed by atoms with Crippen LogP contribution >= 0.6 is 15.9 Å². The topological polar surface area (TPSA) is 29.9 Å². The zero-order valence-corrected chi connectivity index (χ0v) is 13.2. The maximum absolute atomic E-state index is 4.31. The summed E-state index contributed by atoms with van der Waals surface area (Å²) >= 11 is 3.56. The Morgan fingerprint density at radius 3 is 2.84 bits per heavy atom. The van der Waals surface area contributed by atoms with Crippen LogP contribution < -0.4 is 5.32 Å². The Morgan fingerprint density at radius 2 is 2.21 bits per heavy atom. The number of halogens is 1. The van der Waals surface area contributed by atoms with Gasteiger partial charge in [-0.15, -0.1) is 0 Å². The fourth-order valence-electron chi connectivity index (χ4n) is 2.19. The van der Waals surface area contributed by atoms with E-state index in [9.17, 15) is 0 Å². The summed E-state index contributed by atoms with van der Waals surface area (Å²) in [4.78, 5) is 4.31. The number of nitrogens with one attached hydrogen (secondary N) is 1. The fourth-order valence-corrected chi connectivity index (χ4v) is 2.57. The molecule has 0 spiro atoms. The normalized spacial score (nSPS) is 12.6. The molecule has 1 aromatic carbocycles. The summed E-state index contributed by atoms with van der Waals surface area (Å²) in [6, 6.07) is 6.71. The lowest BCUT2D eigenvalue weighted by Gasteiger charge is -2.19. The van der Waals surface area contributed by atoms with Crippen molar-refractivity contribution in [2.24, 2.45) is 0 Å². The maximum Gasteiger partial charge on any atom is 0.110 e. The average Bonchev–Trinajstić information content (AvgIpc) is 2.82. The van der Waals surface area contributed by atoms with E-state index in [1.165, 1.54) is 11.3 Å². The Bertz CT molecular complexity index is 548. The van der Waals surface area contributed by atoms with E-state index in [-0.39, 0.29) is 0 Å². The van der Waals surface area contributed by atoms with Gasteiger partial charge in [0, 0.05) is 22.9 Å². The fraction of sp³-hybridized carbons (Fsp3) is 0.400. The first-order valence-electron chi connectivity index (χ1n) is 6.66. The number of aromatic nitrogens is 2. The molecule has 0 amide bonds. The highest BCUT2D eigenvalue weighted by atomic mass is 79.9. The smallest absolute Gasteiger partial charge is 0.110 e. The third kappa shape index (κ3) is 3.25. The first kappa shape index (κ1) is 14.3. The lowest BCUT2D eigenvalue weighted by molar-refractivity contribution is 0.568. The highest BCUT2D eigenvalue weighted by Crippen LogP contribution is 2.26. The number of hydrogen-bond donors (Lipinski definition) is 1. The quantitative estimate of drug-likeness (QED) is 0.901. The molecule has 0 aliphatic carbocycles. The molecule has 1 heterocycles. The molecule has 19 heavy (non-hydrogen) atoms. The van der Waals surface area contributed by atoms with Crippen LogP contribution in [0, 0.1) is 6.92 Å². The Labute approximate surface area is 123 Å². The molecule has 1 unspecified atom stereocenters. The van der Waals surface area contributed by atoms with Gasteiger partial charge in [0.05, 0.1) is 5.69 Å². The van der Waals surface area contributed by atoms with Crippen molar-refractivity contribution in [3.8, 4) is 5.69 Å². The SMILES string of the molecule is CCCNC(C)c1cc(Br)ccc1-n1ccnc1C. The number of imidazole rings is 1. The van der Waals surface area contributed by atoms with Crippen molar-refractivity contribution < 1.29 is 0 Å². The minimum atomic E-state index is 0.314. The summed E-state index contributed by atoms with van der Waals surface area (Å²) < 4.78 is 3.24. The molecule has 1 aromatic heterocycles. The second-order valence-corrected chi connectivity index (χ2v) is 5.64. The Kier molecular flexibility index (Phi) is 4.77. The van der Waals surface area contributed by atoms with Gasteiger partial charge in [-0.1, -0.05) is 22.9 Å². The molecule has 2 aromatic rings. The number of nitrogens with zero attached hydrogens (tertiary/aromatic N) is 2. The van der Waals surface area contributed by atoms with E-state index < -0.39 is 0 Å². The van der Waals surface area contributed by atoms with Crippen molar-refractivity contribution in [3.05, 3.63) is 46.5 Å². The number of rotatable bonds is 5. The van der Waals surface area contributed by atoms with Gasteiger partial charge in [0.25, 0.3) is 0 Å². The van der Waals surface area contributed by atoms with Crippen LogP contribution in [0.4, 0.5) is 0 Å². The molecule has 0 radical (unpaired) electrons. The third-order valence-electron chi connectivity index (χ3n) is 3.24.